The summed E-state index contributed by atoms with van der Waals surface area (Å²) < 4.78 is 8.08. The maximum Gasteiger partial charge on any atom is 0.227 e. The first kappa shape index (κ1) is 23.1. The Morgan fingerprint density at radius 3 is 2.43 bits per heavy atom. The van der Waals surface area contributed by atoms with Crippen molar-refractivity contribution in [2.75, 3.05) is 18.1 Å². The van der Waals surface area contributed by atoms with E-state index in [1.807, 2.05) is 92.4 Å². The van der Waals surface area contributed by atoms with E-state index in [4.69, 9.17) is 9.72 Å². The van der Waals surface area contributed by atoms with Gasteiger partial charge >= 0.3 is 0 Å². The number of hydrogen-bond acceptors (Lipinski definition) is 4. The number of carbonyl (C=O) groups is 1. The summed E-state index contributed by atoms with van der Waals surface area (Å²) in [6, 6.07) is 21.9. The second-order valence-corrected chi connectivity index (χ2v) is 9.45. The molecule has 1 aromatic heterocycles. The number of aliphatic hydroxyl groups excluding tert-OH is 1. The summed E-state index contributed by atoms with van der Waals surface area (Å²) in [5, 5.41) is 11.0. The van der Waals surface area contributed by atoms with Gasteiger partial charge < -0.3 is 19.3 Å². The Morgan fingerprint density at radius 2 is 1.66 bits per heavy atom. The number of hydrogen-bond donors (Lipinski definition) is 1. The van der Waals surface area contributed by atoms with E-state index in [1.54, 1.807) is 0 Å². The molecule has 1 amide bonds. The van der Waals surface area contributed by atoms with Crippen LogP contribution in [-0.2, 0) is 11.3 Å². The lowest BCUT2D eigenvalue weighted by Crippen LogP contribution is -2.27. The number of nitrogens with zero attached hydrogens (tertiary/aromatic N) is 3. The molecule has 1 N–H and O–H groups in total. The molecule has 6 heteroatoms. The number of anilines is 1. The van der Waals surface area contributed by atoms with Gasteiger partial charge in [-0.3, -0.25) is 4.79 Å². The lowest BCUT2D eigenvalue weighted by molar-refractivity contribution is -0.117. The van der Waals surface area contributed by atoms with Crippen LogP contribution in [0.5, 0.6) is 5.75 Å². The predicted molar refractivity (Wildman–Crippen MR) is 138 cm³/mol. The second-order valence-electron chi connectivity index (χ2n) is 9.45. The van der Waals surface area contributed by atoms with E-state index < -0.39 is 6.10 Å². The van der Waals surface area contributed by atoms with E-state index in [1.165, 1.54) is 0 Å². The van der Waals surface area contributed by atoms with Crippen molar-refractivity contribution < 1.29 is 14.6 Å². The van der Waals surface area contributed by atoms with Gasteiger partial charge in [0.15, 0.2) is 0 Å². The van der Waals surface area contributed by atoms with Crippen molar-refractivity contribution in [2.45, 2.75) is 45.8 Å². The average Bonchev–Trinajstić information content (AvgIpc) is 3.39. The van der Waals surface area contributed by atoms with E-state index in [2.05, 4.69) is 4.57 Å². The first-order valence-electron chi connectivity index (χ1n) is 12.1. The molecule has 0 bridgehead atoms. The molecule has 1 aliphatic rings. The van der Waals surface area contributed by atoms with E-state index in [0.29, 0.717) is 19.5 Å². The normalized spacial score (nSPS) is 16.7. The topological polar surface area (TPSA) is 67.6 Å². The Balaban J connectivity index is 1.40. The van der Waals surface area contributed by atoms with Gasteiger partial charge in [-0.2, -0.15) is 0 Å². The van der Waals surface area contributed by atoms with Crippen LogP contribution >= 0.6 is 0 Å². The minimum absolute atomic E-state index is 0.0544. The van der Waals surface area contributed by atoms with Crippen LogP contribution in [-0.4, -0.2) is 39.8 Å². The van der Waals surface area contributed by atoms with Gasteiger partial charge in [-0.15, -0.1) is 0 Å². The number of ether oxygens (including phenoxy) is 1. The molecule has 1 fully saturated rings. The molecule has 6 nitrogen and oxygen atoms in total. The Kier molecular flexibility index (Phi) is 6.31. The summed E-state index contributed by atoms with van der Waals surface area (Å²) >= 11 is 0. The van der Waals surface area contributed by atoms with Crippen molar-refractivity contribution in [1.29, 1.82) is 0 Å². The number of aliphatic hydroxyl groups is 1. The molecule has 4 aromatic rings. The maximum atomic E-state index is 13.0. The molecule has 0 aliphatic carbocycles. The van der Waals surface area contributed by atoms with Gasteiger partial charge in [-0.05, 0) is 55.7 Å². The minimum atomic E-state index is -0.727. The van der Waals surface area contributed by atoms with Crippen LogP contribution in [0.4, 0.5) is 5.69 Å². The number of rotatable bonds is 7. The zero-order valence-corrected chi connectivity index (χ0v) is 20.4. The van der Waals surface area contributed by atoms with Crippen LogP contribution in [0.25, 0.3) is 11.0 Å². The lowest BCUT2D eigenvalue weighted by Gasteiger charge is -2.20. The number of carbonyl (C=O) groups excluding carboxylic acids is 1. The van der Waals surface area contributed by atoms with Crippen molar-refractivity contribution >= 4 is 22.6 Å². The molecule has 180 valence electrons. The van der Waals surface area contributed by atoms with E-state index in [-0.39, 0.29) is 18.4 Å². The molecule has 1 aliphatic heterocycles. The molecule has 3 aromatic carbocycles. The third kappa shape index (κ3) is 4.54. The molecule has 2 atom stereocenters. The number of fused-ring (bicyclic) bond motifs is 1. The number of aryl methyl sites for hydroxylation is 3. The van der Waals surface area contributed by atoms with E-state index in [9.17, 15) is 9.90 Å². The highest BCUT2D eigenvalue weighted by atomic mass is 16.5. The highest BCUT2D eigenvalue weighted by molar-refractivity contribution is 5.97. The van der Waals surface area contributed by atoms with Crippen LogP contribution in [0.15, 0.2) is 66.7 Å². The van der Waals surface area contributed by atoms with E-state index >= 15 is 0 Å². The summed E-state index contributed by atoms with van der Waals surface area (Å²) in [6.45, 7) is 7.13. The van der Waals surface area contributed by atoms with Gasteiger partial charge in [0.05, 0.1) is 17.6 Å². The molecule has 1 saturated heterocycles. The van der Waals surface area contributed by atoms with Crippen molar-refractivity contribution in [3.05, 3.63) is 89.2 Å². The molecule has 2 heterocycles. The molecule has 5 rings (SSSR count). The summed E-state index contributed by atoms with van der Waals surface area (Å²) in [7, 11) is 0. The summed E-state index contributed by atoms with van der Waals surface area (Å²) in [5.74, 6) is 1.70. The van der Waals surface area contributed by atoms with Gasteiger partial charge in [0.1, 0.15) is 24.3 Å². The monoisotopic (exact) mass is 469 g/mol. The van der Waals surface area contributed by atoms with Crippen LogP contribution in [0, 0.1) is 20.8 Å². The Labute approximate surface area is 205 Å². The van der Waals surface area contributed by atoms with Crippen molar-refractivity contribution in [2.24, 2.45) is 0 Å². The SMILES string of the molecule is Cc1ccccc1N1CC(c2nc3ccccc3n2CC(O)COc2c(C)cccc2C)CC1=O. The Bertz CT molecular complexity index is 1360. The summed E-state index contributed by atoms with van der Waals surface area (Å²) in [6.07, 6.45) is -0.331. The summed E-state index contributed by atoms with van der Waals surface area (Å²) in [5.41, 5.74) is 5.94. The lowest BCUT2D eigenvalue weighted by atomic mass is 10.1. The summed E-state index contributed by atoms with van der Waals surface area (Å²) in [4.78, 5) is 19.8. The Morgan fingerprint density at radius 1 is 0.971 bits per heavy atom. The second kappa shape index (κ2) is 9.55. The number of amides is 1. The fraction of sp³-hybridized carbons (Fsp3) is 0.310. The molecule has 35 heavy (non-hydrogen) atoms. The Hall–Kier alpha value is -3.64. The molecule has 0 spiro atoms. The fourth-order valence-electron chi connectivity index (χ4n) is 5.05. The molecule has 2 unspecified atom stereocenters. The first-order chi connectivity index (χ1) is 16.9. The fourth-order valence-corrected chi connectivity index (χ4v) is 5.05. The van der Waals surface area contributed by atoms with Gasteiger partial charge in [-0.25, -0.2) is 4.98 Å². The van der Waals surface area contributed by atoms with Gasteiger partial charge in [0.2, 0.25) is 5.91 Å². The zero-order chi connectivity index (χ0) is 24.5. The van der Waals surface area contributed by atoms with Crippen LogP contribution in [0.1, 0.15) is 34.9 Å². The van der Waals surface area contributed by atoms with Gasteiger partial charge in [0, 0.05) is 24.6 Å². The number of para-hydroxylation sites is 4. The number of aromatic nitrogens is 2. The predicted octanol–water partition coefficient (Wildman–Crippen LogP) is 4.92. The standard InChI is InChI=1S/C29H31N3O3/c1-19-9-4-6-13-25(19)31-16-22(15-27(31)34)29-30-24-12-5-7-14-26(24)32(29)17-23(33)18-35-28-20(2)10-8-11-21(28)3/h4-14,22-23,33H,15-18H2,1-3H3. The highest BCUT2D eigenvalue weighted by Crippen LogP contribution is 2.34. The van der Waals surface area contributed by atoms with Gasteiger partial charge in [-0.1, -0.05) is 48.5 Å². The average molecular weight is 470 g/mol. The maximum absolute atomic E-state index is 13.0. The zero-order valence-electron chi connectivity index (χ0n) is 20.4. The van der Waals surface area contributed by atoms with Crippen molar-refractivity contribution in [3.8, 4) is 5.75 Å². The molecule has 0 saturated carbocycles. The van der Waals surface area contributed by atoms with E-state index in [0.717, 1.165) is 45.0 Å². The first-order valence-corrected chi connectivity index (χ1v) is 12.1. The third-order valence-electron chi connectivity index (χ3n) is 6.80. The smallest absolute Gasteiger partial charge is 0.227 e. The van der Waals surface area contributed by atoms with Crippen molar-refractivity contribution in [3.63, 3.8) is 0 Å². The van der Waals surface area contributed by atoms with Crippen LogP contribution < -0.4 is 9.64 Å². The quantitative estimate of drug-likeness (QED) is 0.417. The highest BCUT2D eigenvalue weighted by Gasteiger charge is 2.35. The largest absolute Gasteiger partial charge is 0.490 e. The van der Waals surface area contributed by atoms with Crippen LogP contribution in [0.3, 0.4) is 0 Å². The van der Waals surface area contributed by atoms with Crippen LogP contribution in [0.2, 0.25) is 0 Å². The number of imidazole rings is 1. The van der Waals surface area contributed by atoms with Gasteiger partial charge in [0.25, 0.3) is 0 Å². The molecular weight excluding hydrogens is 438 g/mol. The number of benzene rings is 3. The minimum Gasteiger partial charge on any atom is -0.490 e. The van der Waals surface area contributed by atoms with Crippen molar-refractivity contribution in [1.82, 2.24) is 9.55 Å². The molecule has 0 radical (unpaired) electrons. The molecular formula is C29H31N3O3. The third-order valence-corrected chi connectivity index (χ3v) is 6.80.